The topological polar surface area (TPSA) is 50.2 Å². The minimum atomic E-state index is 0.0311. The van der Waals surface area contributed by atoms with E-state index in [9.17, 15) is 4.79 Å². The third-order valence-corrected chi connectivity index (χ3v) is 6.17. The number of benzene rings is 1. The molecule has 1 saturated heterocycles. The fourth-order valence-corrected chi connectivity index (χ4v) is 4.62. The number of rotatable bonds is 3. The van der Waals surface area contributed by atoms with Crippen LogP contribution in [0.1, 0.15) is 49.1 Å². The Morgan fingerprint density at radius 1 is 1.38 bits per heavy atom. The number of nitrogens with zero attached hydrogens (tertiary/aromatic N) is 3. The third-order valence-electron chi connectivity index (χ3n) is 6.17. The molecule has 1 N–H and O–H groups in total. The Morgan fingerprint density at radius 3 is 3.04 bits per heavy atom. The van der Waals surface area contributed by atoms with E-state index >= 15 is 0 Å². The van der Waals surface area contributed by atoms with Gasteiger partial charge in [0.1, 0.15) is 5.82 Å². The van der Waals surface area contributed by atoms with Crippen LogP contribution < -0.4 is 5.32 Å². The standard InChI is InChI=1S/C21H28N4O/c1-21(10-5-7-16-6-3-4-8-18(16)21)15-23-20(26)25-12-9-17(14-25)19-22-11-13-24(19)2/h3-4,6,8,11,13,17H,5,7,9-10,12,14-15H2,1-2H3,(H,23,26). The van der Waals surface area contributed by atoms with Crippen LogP contribution in [-0.4, -0.2) is 40.1 Å². The predicted molar refractivity (Wildman–Crippen MR) is 102 cm³/mol. The van der Waals surface area contributed by atoms with Crippen LogP contribution in [0.3, 0.4) is 0 Å². The van der Waals surface area contributed by atoms with Gasteiger partial charge in [-0.1, -0.05) is 31.2 Å². The summed E-state index contributed by atoms with van der Waals surface area (Å²) in [5.41, 5.74) is 2.87. The van der Waals surface area contributed by atoms with E-state index in [1.807, 2.05) is 24.3 Å². The lowest BCUT2D eigenvalue weighted by Gasteiger charge is -2.36. The number of fused-ring (bicyclic) bond motifs is 1. The number of hydrogen-bond acceptors (Lipinski definition) is 2. The van der Waals surface area contributed by atoms with Gasteiger partial charge < -0.3 is 14.8 Å². The Bertz CT molecular complexity index is 799. The highest BCUT2D eigenvalue weighted by atomic mass is 16.2. The third kappa shape index (κ3) is 3.11. The van der Waals surface area contributed by atoms with Crippen molar-refractivity contribution in [1.82, 2.24) is 19.8 Å². The van der Waals surface area contributed by atoms with E-state index < -0.39 is 0 Å². The molecule has 5 heteroatoms. The fourth-order valence-electron chi connectivity index (χ4n) is 4.62. The van der Waals surface area contributed by atoms with E-state index in [1.165, 1.54) is 17.5 Å². The zero-order chi connectivity index (χ0) is 18.1. The van der Waals surface area contributed by atoms with Gasteiger partial charge in [-0.3, -0.25) is 0 Å². The highest BCUT2D eigenvalue weighted by molar-refractivity contribution is 5.74. The monoisotopic (exact) mass is 352 g/mol. The average molecular weight is 352 g/mol. The van der Waals surface area contributed by atoms with Gasteiger partial charge in [0.2, 0.25) is 0 Å². The van der Waals surface area contributed by atoms with Gasteiger partial charge in [0.15, 0.2) is 0 Å². The maximum Gasteiger partial charge on any atom is 0.317 e. The molecule has 0 spiro atoms. The molecule has 1 aromatic heterocycles. The number of carbonyl (C=O) groups is 1. The molecule has 1 aliphatic heterocycles. The Kier molecular flexibility index (Phi) is 4.47. The molecule has 1 aliphatic carbocycles. The molecule has 2 amide bonds. The summed E-state index contributed by atoms with van der Waals surface area (Å²) < 4.78 is 2.06. The molecule has 2 aromatic rings. The first-order valence-electron chi connectivity index (χ1n) is 9.65. The van der Waals surface area contributed by atoms with Crippen LogP contribution in [0.2, 0.25) is 0 Å². The van der Waals surface area contributed by atoms with Gasteiger partial charge in [-0.2, -0.15) is 0 Å². The lowest BCUT2D eigenvalue weighted by atomic mass is 9.71. The van der Waals surface area contributed by atoms with Crippen LogP contribution in [0.25, 0.3) is 0 Å². The molecule has 0 bridgehead atoms. The van der Waals surface area contributed by atoms with E-state index in [2.05, 4.69) is 46.1 Å². The predicted octanol–water partition coefficient (Wildman–Crippen LogP) is 3.21. The molecule has 1 fully saturated rings. The molecule has 138 valence electrons. The van der Waals surface area contributed by atoms with E-state index in [0.717, 1.165) is 38.2 Å². The number of aromatic nitrogens is 2. The van der Waals surface area contributed by atoms with Gasteiger partial charge in [-0.05, 0) is 36.8 Å². The van der Waals surface area contributed by atoms with Gasteiger partial charge in [-0.15, -0.1) is 0 Å². The summed E-state index contributed by atoms with van der Waals surface area (Å²) >= 11 is 0. The van der Waals surface area contributed by atoms with Crippen molar-refractivity contribution in [3.63, 3.8) is 0 Å². The molecule has 4 rings (SSSR count). The number of aryl methyl sites for hydroxylation is 2. The molecule has 2 unspecified atom stereocenters. The van der Waals surface area contributed by atoms with Gasteiger partial charge >= 0.3 is 6.03 Å². The average Bonchev–Trinajstić information content (AvgIpc) is 3.29. The molecular weight excluding hydrogens is 324 g/mol. The van der Waals surface area contributed by atoms with Gasteiger partial charge in [0.05, 0.1) is 0 Å². The summed E-state index contributed by atoms with van der Waals surface area (Å²) in [5, 5.41) is 3.22. The van der Waals surface area contributed by atoms with Crippen molar-refractivity contribution in [3.8, 4) is 0 Å². The smallest absolute Gasteiger partial charge is 0.317 e. The molecule has 1 aromatic carbocycles. The second-order valence-electron chi connectivity index (χ2n) is 8.06. The number of urea groups is 1. The zero-order valence-corrected chi connectivity index (χ0v) is 15.7. The Labute approximate surface area is 155 Å². The van der Waals surface area contributed by atoms with Gasteiger partial charge in [0.25, 0.3) is 0 Å². The SMILES string of the molecule is Cn1ccnc1C1CCN(C(=O)NCC2(C)CCCc3ccccc32)C1. The summed E-state index contributed by atoms with van der Waals surface area (Å²) in [6.45, 7) is 4.54. The second-order valence-corrected chi connectivity index (χ2v) is 8.06. The highest BCUT2D eigenvalue weighted by Gasteiger charge is 2.34. The van der Waals surface area contributed by atoms with Crippen molar-refractivity contribution in [2.24, 2.45) is 7.05 Å². The molecule has 2 heterocycles. The lowest BCUT2D eigenvalue weighted by molar-refractivity contribution is 0.204. The summed E-state index contributed by atoms with van der Waals surface area (Å²) in [7, 11) is 2.02. The minimum Gasteiger partial charge on any atom is -0.338 e. The number of amides is 2. The molecule has 0 radical (unpaired) electrons. The van der Waals surface area contributed by atoms with Crippen molar-refractivity contribution in [3.05, 3.63) is 53.6 Å². The first-order chi connectivity index (χ1) is 12.6. The summed E-state index contributed by atoms with van der Waals surface area (Å²) in [4.78, 5) is 19.1. The van der Waals surface area contributed by atoms with Crippen LogP contribution in [0.15, 0.2) is 36.7 Å². The normalized spacial score (nSPS) is 25.2. The van der Waals surface area contributed by atoms with Crippen molar-refractivity contribution in [2.75, 3.05) is 19.6 Å². The number of hydrogen-bond donors (Lipinski definition) is 1. The van der Waals surface area contributed by atoms with Crippen LogP contribution in [0, 0.1) is 0 Å². The summed E-state index contributed by atoms with van der Waals surface area (Å²) in [6, 6.07) is 8.75. The van der Waals surface area contributed by atoms with Gasteiger partial charge in [-0.25, -0.2) is 9.78 Å². The van der Waals surface area contributed by atoms with Crippen LogP contribution >= 0.6 is 0 Å². The molecular formula is C21H28N4O. The largest absolute Gasteiger partial charge is 0.338 e. The van der Waals surface area contributed by atoms with Crippen molar-refractivity contribution < 1.29 is 4.79 Å². The first-order valence-corrected chi connectivity index (χ1v) is 9.65. The quantitative estimate of drug-likeness (QED) is 0.922. The fraction of sp³-hybridized carbons (Fsp3) is 0.524. The maximum absolute atomic E-state index is 12.7. The number of imidazole rings is 1. The highest BCUT2D eigenvalue weighted by Crippen LogP contribution is 2.36. The van der Waals surface area contributed by atoms with Crippen molar-refractivity contribution in [1.29, 1.82) is 0 Å². The van der Waals surface area contributed by atoms with Crippen molar-refractivity contribution >= 4 is 6.03 Å². The van der Waals surface area contributed by atoms with Crippen LogP contribution in [-0.2, 0) is 18.9 Å². The van der Waals surface area contributed by atoms with Crippen LogP contribution in [0.4, 0.5) is 4.79 Å². The molecule has 0 saturated carbocycles. The summed E-state index contributed by atoms with van der Waals surface area (Å²) in [6.07, 6.45) is 8.25. The van der Waals surface area contributed by atoms with E-state index in [0.29, 0.717) is 12.5 Å². The number of carbonyl (C=O) groups excluding carboxylic acids is 1. The molecule has 5 nitrogen and oxygen atoms in total. The number of likely N-dealkylation sites (tertiary alicyclic amines) is 1. The lowest BCUT2D eigenvalue weighted by Crippen LogP contribution is -2.45. The Hall–Kier alpha value is -2.30. The minimum absolute atomic E-state index is 0.0311. The van der Waals surface area contributed by atoms with Gasteiger partial charge in [0, 0.05) is 50.4 Å². The molecule has 2 atom stereocenters. The van der Waals surface area contributed by atoms with E-state index in [1.54, 1.807) is 0 Å². The van der Waals surface area contributed by atoms with Crippen molar-refractivity contribution in [2.45, 2.75) is 43.9 Å². The first kappa shape index (κ1) is 17.1. The molecule has 2 aliphatic rings. The van der Waals surface area contributed by atoms with E-state index in [-0.39, 0.29) is 11.4 Å². The number of nitrogens with one attached hydrogen (secondary N) is 1. The summed E-state index contributed by atoms with van der Waals surface area (Å²) in [5.74, 6) is 1.42. The Morgan fingerprint density at radius 2 is 2.23 bits per heavy atom. The van der Waals surface area contributed by atoms with E-state index in [4.69, 9.17) is 0 Å². The van der Waals surface area contributed by atoms with Crippen LogP contribution in [0.5, 0.6) is 0 Å². The zero-order valence-electron chi connectivity index (χ0n) is 15.7. The Balaban J connectivity index is 1.38. The second kappa shape index (κ2) is 6.78. The maximum atomic E-state index is 12.7. The molecule has 26 heavy (non-hydrogen) atoms.